The Morgan fingerprint density at radius 2 is 1.86 bits per heavy atom. The van der Waals surface area contributed by atoms with E-state index in [1.165, 1.54) is 4.68 Å². The summed E-state index contributed by atoms with van der Waals surface area (Å²) in [6.45, 7) is 1.97. The molecule has 0 radical (unpaired) electrons. The van der Waals surface area contributed by atoms with Crippen molar-refractivity contribution >= 4 is 16.9 Å². The van der Waals surface area contributed by atoms with E-state index < -0.39 is 18.1 Å². The van der Waals surface area contributed by atoms with Crippen LogP contribution in [0.15, 0.2) is 65.2 Å². The minimum absolute atomic E-state index is 0.207. The minimum Gasteiger partial charge on any atom is -0.539 e. The Hall–Kier alpha value is -3.87. The van der Waals surface area contributed by atoms with E-state index in [4.69, 9.17) is 9.26 Å². The predicted octanol–water partition coefficient (Wildman–Crippen LogP) is 2.68. The highest BCUT2D eigenvalue weighted by Gasteiger charge is 2.38. The van der Waals surface area contributed by atoms with E-state index in [-0.39, 0.29) is 5.69 Å². The SMILES string of the molecule is Cc1ccc(-[n+]2noc([O-])c2C2NC(=O)Oc3ccc4ccccc4c32)cc1. The van der Waals surface area contributed by atoms with Crippen molar-refractivity contribution in [3.8, 4) is 17.4 Å². The number of fused-ring (bicyclic) bond motifs is 3. The Morgan fingerprint density at radius 1 is 1.07 bits per heavy atom. The largest absolute Gasteiger partial charge is 0.539 e. The normalized spacial score (nSPS) is 15.8. The topological polar surface area (TPSA) is 91.3 Å². The Balaban J connectivity index is 1.76. The lowest BCUT2D eigenvalue weighted by Gasteiger charge is -2.25. The molecule has 4 aromatic rings. The highest BCUT2D eigenvalue weighted by atomic mass is 16.6. The van der Waals surface area contributed by atoms with Crippen molar-refractivity contribution in [2.45, 2.75) is 13.0 Å². The number of carbonyl (C=O) groups is 1. The first kappa shape index (κ1) is 16.3. The van der Waals surface area contributed by atoms with Gasteiger partial charge in [0, 0.05) is 17.7 Å². The van der Waals surface area contributed by atoms with Gasteiger partial charge < -0.3 is 19.7 Å². The fourth-order valence-electron chi connectivity index (χ4n) is 3.55. The summed E-state index contributed by atoms with van der Waals surface area (Å²) in [7, 11) is 0. The average Bonchev–Trinajstić information content (AvgIpc) is 3.09. The van der Waals surface area contributed by atoms with Crippen molar-refractivity contribution in [1.29, 1.82) is 0 Å². The number of aromatic nitrogens is 2. The monoisotopic (exact) mass is 373 g/mol. The molecule has 2 heterocycles. The zero-order chi connectivity index (χ0) is 19.3. The van der Waals surface area contributed by atoms with E-state index in [2.05, 4.69) is 10.6 Å². The van der Waals surface area contributed by atoms with Crippen molar-refractivity contribution in [3.05, 3.63) is 77.5 Å². The molecule has 1 amide bonds. The maximum atomic E-state index is 12.6. The molecular formula is C21H15N3O4. The molecule has 1 N–H and O–H groups in total. The summed E-state index contributed by atoms with van der Waals surface area (Å²) < 4.78 is 11.7. The molecule has 7 nitrogen and oxygen atoms in total. The number of nitrogens with one attached hydrogen (secondary N) is 1. The fourth-order valence-corrected chi connectivity index (χ4v) is 3.55. The molecule has 3 aromatic carbocycles. The van der Waals surface area contributed by atoms with Gasteiger partial charge >= 0.3 is 6.09 Å². The number of ether oxygens (including phenoxy) is 1. The number of amides is 1. The van der Waals surface area contributed by atoms with Crippen LogP contribution in [0.1, 0.15) is 22.9 Å². The Bertz CT molecular complexity index is 1210. The van der Waals surface area contributed by atoms with Crippen molar-refractivity contribution in [2.24, 2.45) is 0 Å². The zero-order valence-electron chi connectivity index (χ0n) is 14.9. The van der Waals surface area contributed by atoms with Gasteiger partial charge in [-0.05, 0) is 28.4 Å². The summed E-state index contributed by atoms with van der Waals surface area (Å²) >= 11 is 0. The van der Waals surface area contributed by atoms with Gasteiger partial charge in [0.15, 0.2) is 12.0 Å². The van der Waals surface area contributed by atoms with Crippen molar-refractivity contribution < 1.29 is 23.8 Å². The van der Waals surface area contributed by atoms with E-state index in [1.54, 1.807) is 6.07 Å². The molecule has 5 rings (SSSR count). The van der Waals surface area contributed by atoms with Gasteiger partial charge in [0.1, 0.15) is 5.75 Å². The number of nitrogens with zero attached hydrogens (tertiary/aromatic N) is 2. The van der Waals surface area contributed by atoms with Crippen molar-refractivity contribution in [2.75, 3.05) is 0 Å². The molecule has 0 bridgehead atoms. The highest BCUT2D eigenvalue weighted by Crippen LogP contribution is 2.39. The lowest BCUT2D eigenvalue weighted by Crippen LogP contribution is -2.45. The van der Waals surface area contributed by atoms with E-state index in [1.807, 2.05) is 61.5 Å². The summed E-state index contributed by atoms with van der Waals surface area (Å²) in [6, 6.07) is 18.1. The summed E-state index contributed by atoms with van der Waals surface area (Å²) in [5, 5.41) is 21.1. The number of benzene rings is 3. The van der Waals surface area contributed by atoms with E-state index in [0.717, 1.165) is 16.3 Å². The van der Waals surface area contributed by atoms with Gasteiger partial charge in [0.2, 0.25) is 5.69 Å². The van der Waals surface area contributed by atoms with Crippen LogP contribution in [0.25, 0.3) is 16.5 Å². The molecule has 0 spiro atoms. The maximum Gasteiger partial charge on any atom is 0.413 e. The summed E-state index contributed by atoms with van der Waals surface area (Å²) in [5.74, 6) is -0.213. The molecule has 1 aliphatic rings. The van der Waals surface area contributed by atoms with Crippen LogP contribution in [0.5, 0.6) is 11.7 Å². The smallest absolute Gasteiger partial charge is 0.413 e. The lowest BCUT2D eigenvalue weighted by atomic mass is 9.94. The fraction of sp³-hybridized carbons (Fsp3) is 0.0952. The van der Waals surface area contributed by atoms with Crippen LogP contribution in [0.2, 0.25) is 0 Å². The zero-order valence-corrected chi connectivity index (χ0v) is 14.9. The van der Waals surface area contributed by atoms with E-state index >= 15 is 0 Å². The Kier molecular flexibility index (Phi) is 3.55. The first-order chi connectivity index (χ1) is 13.6. The summed E-state index contributed by atoms with van der Waals surface area (Å²) in [6.07, 6.45) is -0.635. The summed E-state index contributed by atoms with van der Waals surface area (Å²) in [4.78, 5) is 12.2. The van der Waals surface area contributed by atoms with Crippen LogP contribution < -0.4 is 19.8 Å². The number of carbonyl (C=O) groups excluding carboxylic acids is 1. The molecule has 0 saturated carbocycles. The third-order valence-electron chi connectivity index (χ3n) is 4.88. The molecule has 1 aromatic heterocycles. The molecule has 28 heavy (non-hydrogen) atoms. The van der Waals surface area contributed by atoms with E-state index in [0.29, 0.717) is 17.0 Å². The first-order valence-electron chi connectivity index (χ1n) is 8.78. The van der Waals surface area contributed by atoms with Crippen LogP contribution in [0.4, 0.5) is 4.79 Å². The second kappa shape index (κ2) is 6.09. The molecule has 1 aliphatic heterocycles. The molecular weight excluding hydrogens is 358 g/mol. The van der Waals surface area contributed by atoms with Gasteiger partial charge in [-0.25, -0.2) is 4.79 Å². The van der Waals surface area contributed by atoms with Crippen LogP contribution >= 0.6 is 0 Å². The lowest BCUT2D eigenvalue weighted by molar-refractivity contribution is -0.678. The van der Waals surface area contributed by atoms with Crippen molar-refractivity contribution in [3.63, 3.8) is 0 Å². The Labute approximate surface area is 159 Å². The predicted molar refractivity (Wildman–Crippen MR) is 97.2 cm³/mol. The van der Waals surface area contributed by atoms with Gasteiger partial charge in [0.05, 0.1) is 5.27 Å². The second-order valence-electron chi connectivity index (χ2n) is 6.66. The first-order valence-corrected chi connectivity index (χ1v) is 8.78. The van der Waals surface area contributed by atoms with Gasteiger partial charge in [-0.1, -0.05) is 48.0 Å². The number of hydrogen-bond acceptors (Lipinski definition) is 5. The van der Waals surface area contributed by atoms with E-state index in [9.17, 15) is 9.90 Å². The molecule has 1 unspecified atom stereocenters. The molecule has 1 atom stereocenters. The molecule has 138 valence electrons. The Morgan fingerprint density at radius 3 is 2.68 bits per heavy atom. The summed E-state index contributed by atoms with van der Waals surface area (Å²) in [5.41, 5.74) is 2.64. The molecule has 7 heteroatoms. The van der Waals surface area contributed by atoms with Gasteiger partial charge in [0.25, 0.3) is 5.69 Å². The number of hydrogen-bond donors (Lipinski definition) is 1. The molecule has 0 fully saturated rings. The third-order valence-corrected chi connectivity index (χ3v) is 4.88. The van der Waals surface area contributed by atoms with Crippen LogP contribution in [0, 0.1) is 6.92 Å². The molecule has 0 saturated heterocycles. The third kappa shape index (κ3) is 2.48. The van der Waals surface area contributed by atoms with Gasteiger partial charge in [-0.15, -0.1) is 0 Å². The quantitative estimate of drug-likeness (QED) is 0.546. The number of rotatable bonds is 2. The maximum absolute atomic E-state index is 12.6. The second-order valence-corrected chi connectivity index (χ2v) is 6.66. The highest BCUT2D eigenvalue weighted by molar-refractivity contribution is 5.91. The van der Waals surface area contributed by atoms with Gasteiger partial charge in [-0.2, -0.15) is 0 Å². The standard InChI is InChI=1S/C21H15N3O4/c1-12-6-9-14(10-7-12)24-19(20(25)28-23-24)18-17-15-5-3-2-4-13(15)8-11-16(17)27-21(26)22-18/h2-11,18H,1H3,(H-,22,23,25,26). The average molecular weight is 373 g/mol. The van der Waals surface area contributed by atoms with Crippen LogP contribution in [-0.4, -0.2) is 11.4 Å². The van der Waals surface area contributed by atoms with Crippen molar-refractivity contribution in [1.82, 2.24) is 10.6 Å². The van der Waals surface area contributed by atoms with Gasteiger partial charge in [-0.3, -0.25) is 0 Å². The number of aryl methyl sites for hydroxylation is 1. The molecule has 0 aliphatic carbocycles. The minimum atomic E-state index is -0.762. The van der Waals surface area contributed by atoms with Crippen LogP contribution in [0.3, 0.4) is 0 Å². The van der Waals surface area contributed by atoms with Crippen LogP contribution in [-0.2, 0) is 0 Å².